The van der Waals surface area contributed by atoms with Crippen molar-refractivity contribution in [1.82, 2.24) is 10.2 Å². The Labute approximate surface area is 160 Å². The number of aryl methyl sites for hydroxylation is 1. The number of benzene rings is 1. The molecule has 1 saturated heterocycles. The Balaban J connectivity index is 2.08. The van der Waals surface area contributed by atoms with Crippen molar-refractivity contribution in [3.63, 3.8) is 0 Å². The smallest absolute Gasteiger partial charge is 0.265 e. The third kappa shape index (κ3) is 2.92. The molecule has 0 aromatic heterocycles. The fourth-order valence-electron chi connectivity index (χ4n) is 3.79. The van der Waals surface area contributed by atoms with Crippen LogP contribution in [0.4, 0.5) is 5.69 Å². The summed E-state index contributed by atoms with van der Waals surface area (Å²) in [6.45, 7) is 8.74. The average molecular weight is 372 g/mol. The van der Waals surface area contributed by atoms with Crippen molar-refractivity contribution in [2.24, 2.45) is 0 Å². The number of nitrogens with zero attached hydrogens (tertiary/aromatic N) is 2. The summed E-state index contributed by atoms with van der Waals surface area (Å²) in [5.74, 6) is -0.413. The van der Waals surface area contributed by atoms with Gasteiger partial charge in [0, 0.05) is 25.3 Å². The molecule has 6 heteroatoms. The van der Waals surface area contributed by atoms with E-state index in [0.29, 0.717) is 5.92 Å². The van der Waals surface area contributed by atoms with E-state index in [4.69, 9.17) is 12.2 Å². The van der Waals surface area contributed by atoms with Gasteiger partial charge in [-0.1, -0.05) is 6.92 Å². The Bertz CT molecular complexity index is 857. The maximum atomic E-state index is 12.5. The second-order valence-electron chi connectivity index (χ2n) is 7.93. The fraction of sp³-hybridized carbons (Fsp3) is 0.450. The second kappa shape index (κ2) is 6.20. The summed E-state index contributed by atoms with van der Waals surface area (Å²) in [5.41, 5.74) is 4.59. The Morgan fingerprint density at radius 2 is 1.92 bits per heavy atom. The lowest BCUT2D eigenvalue weighted by Crippen LogP contribution is -2.52. The van der Waals surface area contributed by atoms with E-state index < -0.39 is 5.91 Å². The van der Waals surface area contributed by atoms with E-state index in [1.54, 1.807) is 13.1 Å². The van der Waals surface area contributed by atoms with Gasteiger partial charge in [-0.3, -0.25) is 19.8 Å². The molecule has 0 spiro atoms. The van der Waals surface area contributed by atoms with Crippen LogP contribution in [-0.4, -0.2) is 41.5 Å². The number of likely N-dealkylation sites (N-methyl/N-ethyl adjacent to an activating group) is 1. The number of carbonyl (C=O) groups excluding carboxylic acids is 2. The average Bonchev–Trinajstić information content (AvgIpc) is 2.55. The molecular weight excluding hydrogens is 346 g/mol. The van der Waals surface area contributed by atoms with Gasteiger partial charge >= 0.3 is 0 Å². The van der Waals surface area contributed by atoms with E-state index in [1.165, 1.54) is 16.2 Å². The lowest BCUT2D eigenvalue weighted by atomic mass is 9.79. The minimum absolute atomic E-state index is 0.0937. The number of hydrogen-bond donors (Lipinski definition) is 1. The number of fused-ring (bicyclic) bond motifs is 1. The number of rotatable bonds is 1. The quantitative estimate of drug-likeness (QED) is 0.468. The Morgan fingerprint density at radius 3 is 2.58 bits per heavy atom. The van der Waals surface area contributed by atoms with Gasteiger partial charge in [-0.15, -0.1) is 0 Å². The predicted molar refractivity (Wildman–Crippen MR) is 108 cm³/mol. The maximum absolute atomic E-state index is 12.5. The molecule has 2 heterocycles. The third-order valence-electron chi connectivity index (χ3n) is 5.63. The third-order valence-corrected chi connectivity index (χ3v) is 6.00. The van der Waals surface area contributed by atoms with Crippen LogP contribution in [0.15, 0.2) is 17.7 Å². The zero-order valence-electron chi connectivity index (χ0n) is 16.1. The molecule has 1 aromatic carbocycles. The number of thiocarbonyl (C=S) groups is 1. The molecule has 2 aliphatic heterocycles. The number of nitrogens with one attached hydrogen (secondary N) is 1. The van der Waals surface area contributed by atoms with Crippen molar-refractivity contribution in [3.05, 3.63) is 34.4 Å². The van der Waals surface area contributed by atoms with Gasteiger partial charge < -0.3 is 4.90 Å². The van der Waals surface area contributed by atoms with Crippen LogP contribution >= 0.6 is 12.2 Å². The predicted octanol–water partition coefficient (Wildman–Crippen LogP) is 2.97. The summed E-state index contributed by atoms with van der Waals surface area (Å²) < 4.78 is 0. The highest BCUT2D eigenvalue weighted by atomic mass is 32.1. The van der Waals surface area contributed by atoms with E-state index in [9.17, 15) is 9.59 Å². The number of anilines is 1. The molecule has 1 unspecified atom stereocenters. The summed E-state index contributed by atoms with van der Waals surface area (Å²) in [6, 6.07) is 4.26. The summed E-state index contributed by atoms with van der Waals surface area (Å²) in [5, 5.41) is 2.70. The number of amides is 2. The van der Waals surface area contributed by atoms with Gasteiger partial charge in [0.15, 0.2) is 5.11 Å². The largest absolute Gasteiger partial charge is 0.369 e. The highest BCUT2D eigenvalue weighted by Gasteiger charge is 2.35. The van der Waals surface area contributed by atoms with Crippen LogP contribution in [0.1, 0.15) is 49.8 Å². The van der Waals surface area contributed by atoms with Gasteiger partial charge in [0.2, 0.25) is 0 Å². The van der Waals surface area contributed by atoms with Crippen molar-refractivity contribution in [3.8, 4) is 0 Å². The van der Waals surface area contributed by atoms with Crippen LogP contribution in [-0.2, 0) is 9.59 Å². The van der Waals surface area contributed by atoms with Crippen LogP contribution in [0.5, 0.6) is 0 Å². The van der Waals surface area contributed by atoms with E-state index in [1.807, 2.05) is 6.92 Å². The van der Waals surface area contributed by atoms with Crippen LogP contribution in [0.3, 0.4) is 0 Å². The molecule has 3 rings (SSSR count). The summed E-state index contributed by atoms with van der Waals surface area (Å²) in [7, 11) is 3.69. The SMILES string of the molecule is Cc1cc2c(cc1/C=C1/C(=O)NC(=S)N(C)C1=O)C(C)CC(C)(C)N2C. The van der Waals surface area contributed by atoms with E-state index in [2.05, 4.69) is 50.2 Å². The summed E-state index contributed by atoms with van der Waals surface area (Å²) in [4.78, 5) is 28.3. The van der Waals surface area contributed by atoms with Crippen LogP contribution < -0.4 is 10.2 Å². The van der Waals surface area contributed by atoms with Crippen LogP contribution in [0.2, 0.25) is 0 Å². The molecule has 2 aliphatic rings. The monoisotopic (exact) mass is 371 g/mol. The molecule has 0 saturated carbocycles. The molecular formula is C20H25N3O2S. The van der Waals surface area contributed by atoms with Crippen LogP contribution in [0, 0.1) is 6.92 Å². The normalized spacial score (nSPS) is 24.0. The Kier molecular flexibility index (Phi) is 4.43. The first-order valence-electron chi connectivity index (χ1n) is 8.76. The van der Waals surface area contributed by atoms with Gasteiger partial charge in [0.1, 0.15) is 5.57 Å². The minimum atomic E-state index is -0.443. The first kappa shape index (κ1) is 18.6. The molecule has 0 bridgehead atoms. The van der Waals surface area contributed by atoms with Crippen molar-refractivity contribution in [1.29, 1.82) is 0 Å². The molecule has 0 radical (unpaired) electrons. The highest BCUT2D eigenvalue weighted by molar-refractivity contribution is 7.80. The van der Waals surface area contributed by atoms with E-state index in [0.717, 1.165) is 17.5 Å². The maximum Gasteiger partial charge on any atom is 0.265 e. The molecule has 1 fully saturated rings. The van der Waals surface area contributed by atoms with Gasteiger partial charge in [-0.2, -0.15) is 0 Å². The van der Waals surface area contributed by atoms with Gasteiger partial charge in [-0.25, -0.2) is 0 Å². The topological polar surface area (TPSA) is 52.7 Å². The van der Waals surface area contributed by atoms with Crippen molar-refractivity contribution in [2.75, 3.05) is 19.0 Å². The lowest BCUT2D eigenvalue weighted by molar-refractivity contribution is -0.128. The zero-order chi connectivity index (χ0) is 19.4. The zero-order valence-corrected chi connectivity index (χ0v) is 17.0. The van der Waals surface area contributed by atoms with Crippen molar-refractivity contribution >= 4 is 40.9 Å². The first-order valence-corrected chi connectivity index (χ1v) is 9.17. The molecule has 1 atom stereocenters. The first-order chi connectivity index (χ1) is 12.0. The standard InChI is InChI=1S/C20H25N3O2S/c1-11-7-16-14(12(2)10-20(3,4)23(16)6)8-13(11)9-15-17(24)21-19(26)22(5)18(15)25/h7-9,12H,10H2,1-6H3,(H,21,24,26)/b15-9-. The fourth-order valence-corrected chi connectivity index (χ4v) is 3.97. The molecule has 1 aromatic rings. The van der Waals surface area contributed by atoms with Crippen molar-refractivity contribution < 1.29 is 9.59 Å². The molecule has 26 heavy (non-hydrogen) atoms. The van der Waals surface area contributed by atoms with E-state index in [-0.39, 0.29) is 22.1 Å². The Morgan fingerprint density at radius 1 is 1.27 bits per heavy atom. The van der Waals surface area contributed by atoms with Crippen LogP contribution in [0.25, 0.3) is 6.08 Å². The number of hydrogen-bond acceptors (Lipinski definition) is 4. The molecule has 138 valence electrons. The van der Waals surface area contributed by atoms with Gasteiger partial charge in [-0.05, 0) is 80.2 Å². The van der Waals surface area contributed by atoms with Crippen molar-refractivity contribution in [2.45, 2.75) is 45.6 Å². The molecule has 0 aliphatic carbocycles. The second-order valence-corrected chi connectivity index (χ2v) is 8.31. The summed E-state index contributed by atoms with van der Waals surface area (Å²) in [6.07, 6.45) is 2.73. The molecule has 2 amide bonds. The summed E-state index contributed by atoms with van der Waals surface area (Å²) >= 11 is 5.00. The molecule has 5 nitrogen and oxygen atoms in total. The van der Waals surface area contributed by atoms with Gasteiger partial charge in [0.05, 0.1) is 0 Å². The Hall–Kier alpha value is -2.21. The number of carbonyl (C=O) groups is 2. The highest BCUT2D eigenvalue weighted by Crippen LogP contribution is 2.43. The molecule has 1 N–H and O–H groups in total. The minimum Gasteiger partial charge on any atom is -0.369 e. The van der Waals surface area contributed by atoms with Gasteiger partial charge in [0.25, 0.3) is 11.8 Å². The lowest BCUT2D eigenvalue weighted by Gasteiger charge is -2.45. The van der Waals surface area contributed by atoms with E-state index >= 15 is 0 Å².